The quantitative estimate of drug-likeness (QED) is 0.775. The highest BCUT2D eigenvalue weighted by Gasteiger charge is 2.11. The molecule has 2 aromatic carbocycles. The van der Waals surface area contributed by atoms with Crippen LogP contribution in [-0.2, 0) is 11.2 Å². The van der Waals surface area contributed by atoms with E-state index < -0.39 is 5.82 Å². The molecule has 0 spiro atoms. The van der Waals surface area contributed by atoms with Gasteiger partial charge < -0.3 is 9.73 Å². The number of amides is 1. The van der Waals surface area contributed by atoms with Gasteiger partial charge >= 0.3 is 0 Å². The molecule has 0 aliphatic rings. The molecule has 0 saturated carbocycles. The van der Waals surface area contributed by atoms with Gasteiger partial charge in [-0.3, -0.25) is 4.79 Å². The number of rotatable bonds is 5. The normalized spacial score (nSPS) is 10.6. The molecule has 0 radical (unpaired) electrons. The van der Waals surface area contributed by atoms with Crippen molar-refractivity contribution in [3.63, 3.8) is 0 Å². The van der Waals surface area contributed by atoms with E-state index in [0.29, 0.717) is 18.2 Å². The average molecular weight is 325 g/mol. The lowest BCUT2D eigenvalue weighted by Crippen LogP contribution is -2.13. The predicted octanol–water partition coefficient (Wildman–Crippen LogP) is 3.76. The van der Waals surface area contributed by atoms with Crippen molar-refractivity contribution >= 4 is 11.6 Å². The van der Waals surface area contributed by atoms with Gasteiger partial charge in [0.15, 0.2) is 0 Å². The molecule has 3 rings (SSSR count). The molecular formula is C18H16FN3O2. The monoisotopic (exact) mass is 325 g/mol. The highest BCUT2D eigenvalue weighted by Crippen LogP contribution is 2.19. The maximum atomic E-state index is 13.5. The Morgan fingerprint density at radius 3 is 2.62 bits per heavy atom. The van der Waals surface area contributed by atoms with Crippen molar-refractivity contribution in [2.45, 2.75) is 19.8 Å². The van der Waals surface area contributed by atoms with E-state index >= 15 is 0 Å². The van der Waals surface area contributed by atoms with Gasteiger partial charge in [0, 0.05) is 18.4 Å². The van der Waals surface area contributed by atoms with Crippen LogP contribution in [0.2, 0.25) is 0 Å². The van der Waals surface area contributed by atoms with Gasteiger partial charge in [0.05, 0.1) is 5.69 Å². The van der Waals surface area contributed by atoms with E-state index in [1.165, 1.54) is 12.1 Å². The molecule has 1 aromatic heterocycles. The van der Waals surface area contributed by atoms with Crippen molar-refractivity contribution in [1.29, 1.82) is 0 Å². The highest BCUT2D eigenvalue weighted by molar-refractivity contribution is 5.90. The topological polar surface area (TPSA) is 68.0 Å². The molecule has 0 fully saturated rings. The molecule has 0 aliphatic heterocycles. The van der Waals surface area contributed by atoms with Crippen molar-refractivity contribution in [2.75, 3.05) is 5.32 Å². The molecule has 1 N–H and O–H groups in total. The molecule has 0 atom stereocenters. The highest BCUT2D eigenvalue weighted by atomic mass is 19.1. The first-order valence-corrected chi connectivity index (χ1v) is 7.55. The van der Waals surface area contributed by atoms with Crippen molar-refractivity contribution in [3.05, 3.63) is 65.8 Å². The van der Waals surface area contributed by atoms with Gasteiger partial charge in [0.1, 0.15) is 5.82 Å². The molecule has 1 heterocycles. The lowest BCUT2D eigenvalue weighted by molar-refractivity contribution is -0.116. The fraction of sp³-hybridized carbons (Fsp3) is 0.167. The molecule has 1 amide bonds. The summed E-state index contributed by atoms with van der Waals surface area (Å²) in [6, 6.07) is 13.7. The van der Waals surface area contributed by atoms with Gasteiger partial charge in [-0.15, -0.1) is 10.2 Å². The molecule has 0 aliphatic carbocycles. The fourth-order valence-electron chi connectivity index (χ4n) is 2.16. The summed E-state index contributed by atoms with van der Waals surface area (Å²) in [4.78, 5) is 11.9. The van der Waals surface area contributed by atoms with Crippen LogP contribution in [0.5, 0.6) is 0 Å². The van der Waals surface area contributed by atoms with E-state index in [2.05, 4.69) is 15.5 Å². The Balaban J connectivity index is 1.58. The lowest BCUT2D eigenvalue weighted by atomic mass is 10.1. The maximum Gasteiger partial charge on any atom is 0.247 e. The first-order chi connectivity index (χ1) is 11.6. The third-order valence-corrected chi connectivity index (χ3v) is 3.48. The Bertz CT molecular complexity index is 843. The summed E-state index contributed by atoms with van der Waals surface area (Å²) in [7, 11) is 0. The second kappa shape index (κ2) is 7.04. The second-order valence-electron chi connectivity index (χ2n) is 5.40. The number of carbonyl (C=O) groups is 1. The number of hydrogen-bond acceptors (Lipinski definition) is 4. The number of nitrogens with one attached hydrogen (secondary N) is 1. The summed E-state index contributed by atoms with van der Waals surface area (Å²) < 4.78 is 19.0. The van der Waals surface area contributed by atoms with E-state index in [0.717, 1.165) is 11.1 Å². The zero-order valence-electron chi connectivity index (χ0n) is 13.1. The summed E-state index contributed by atoms with van der Waals surface area (Å²) in [6.07, 6.45) is 0.420. The minimum Gasteiger partial charge on any atom is -0.421 e. The molecule has 0 unspecified atom stereocenters. The minimum absolute atomic E-state index is 0.129. The zero-order valence-corrected chi connectivity index (χ0v) is 13.1. The van der Waals surface area contributed by atoms with E-state index in [-0.39, 0.29) is 18.0 Å². The van der Waals surface area contributed by atoms with Gasteiger partial charge in [-0.05, 0) is 31.2 Å². The Hall–Kier alpha value is -3.02. The van der Waals surface area contributed by atoms with Gasteiger partial charge in [0.2, 0.25) is 17.7 Å². The third kappa shape index (κ3) is 3.84. The summed E-state index contributed by atoms with van der Waals surface area (Å²) in [6.45, 7) is 2.00. The van der Waals surface area contributed by atoms with E-state index in [4.69, 9.17) is 4.42 Å². The molecule has 24 heavy (non-hydrogen) atoms. The van der Waals surface area contributed by atoms with Crippen LogP contribution < -0.4 is 5.32 Å². The smallest absolute Gasteiger partial charge is 0.247 e. The molecule has 3 aromatic rings. The number of benzene rings is 2. The molecule has 0 bridgehead atoms. The molecule has 5 nitrogen and oxygen atoms in total. The van der Waals surface area contributed by atoms with Crippen LogP contribution in [0, 0.1) is 12.7 Å². The Morgan fingerprint density at radius 2 is 1.88 bits per heavy atom. The number of aromatic nitrogens is 2. The Kier molecular flexibility index (Phi) is 4.65. The van der Waals surface area contributed by atoms with Gasteiger partial charge in [-0.25, -0.2) is 4.39 Å². The number of halogens is 1. The summed E-state index contributed by atoms with van der Waals surface area (Å²) in [5.74, 6) is 0.00857. The predicted molar refractivity (Wildman–Crippen MR) is 87.8 cm³/mol. The molecule has 122 valence electrons. The molecule has 0 saturated heterocycles. The number of anilines is 1. The first kappa shape index (κ1) is 15.9. The number of para-hydroxylation sites is 1. The van der Waals surface area contributed by atoms with Crippen molar-refractivity contribution in [2.24, 2.45) is 0 Å². The van der Waals surface area contributed by atoms with Gasteiger partial charge in [-0.2, -0.15) is 0 Å². The average Bonchev–Trinajstić information content (AvgIpc) is 3.05. The Labute approximate surface area is 138 Å². The standard InChI is InChI=1S/C18H16FN3O2/c1-12-6-8-13(9-7-12)18-22-21-17(24-18)11-10-16(23)20-15-5-3-2-4-14(15)19/h2-9H,10-11H2,1H3,(H,20,23). The summed E-state index contributed by atoms with van der Waals surface area (Å²) >= 11 is 0. The van der Waals surface area contributed by atoms with Crippen LogP contribution in [0.4, 0.5) is 10.1 Å². The lowest BCUT2D eigenvalue weighted by Gasteiger charge is -2.04. The van der Waals surface area contributed by atoms with Gasteiger partial charge in [-0.1, -0.05) is 29.8 Å². The van der Waals surface area contributed by atoms with Crippen molar-refractivity contribution in [3.8, 4) is 11.5 Å². The second-order valence-corrected chi connectivity index (χ2v) is 5.40. The molecule has 6 heteroatoms. The van der Waals surface area contributed by atoms with Crippen LogP contribution in [0.1, 0.15) is 17.9 Å². The zero-order chi connectivity index (χ0) is 16.9. The summed E-state index contributed by atoms with van der Waals surface area (Å²) in [5, 5.41) is 10.4. The van der Waals surface area contributed by atoms with Crippen LogP contribution >= 0.6 is 0 Å². The van der Waals surface area contributed by atoms with Crippen LogP contribution in [0.25, 0.3) is 11.5 Å². The molecular weight excluding hydrogens is 309 g/mol. The summed E-state index contributed by atoms with van der Waals surface area (Å²) in [5.41, 5.74) is 2.13. The number of nitrogens with zero attached hydrogens (tertiary/aromatic N) is 2. The fourth-order valence-corrected chi connectivity index (χ4v) is 2.16. The maximum absolute atomic E-state index is 13.5. The van der Waals surface area contributed by atoms with E-state index in [9.17, 15) is 9.18 Å². The number of aryl methyl sites for hydroxylation is 2. The van der Waals surface area contributed by atoms with Crippen molar-refractivity contribution < 1.29 is 13.6 Å². The number of hydrogen-bond donors (Lipinski definition) is 1. The van der Waals surface area contributed by atoms with E-state index in [1.807, 2.05) is 31.2 Å². The van der Waals surface area contributed by atoms with Gasteiger partial charge in [0.25, 0.3) is 0 Å². The van der Waals surface area contributed by atoms with Crippen LogP contribution in [0.3, 0.4) is 0 Å². The Morgan fingerprint density at radius 1 is 1.12 bits per heavy atom. The van der Waals surface area contributed by atoms with E-state index in [1.54, 1.807) is 12.1 Å². The minimum atomic E-state index is -0.467. The largest absolute Gasteiger partial charge is 0.421 e. The van der Waals surface area contributed by atoms with Crippen LogP contribution in [-0.4, -0.2) is 16.1 Å². The SMILES string of the molecule is Cc1ccc(-c2nnc(CCC(=O)Nc3ccccc3F)o2)cc1. The van der Waals surface area contributed by atoms with Crippen molar-refractivity contribution in [1.82, 2.24) is 10.2 Å². The third-order valence-electron chi connectivity index (χ3n) is 3.48. The number of carbonyl (C=O) groups excluding carboxylic acids is 1. The first-order valence-electron chi connectivity index (χ1n) is 7.55. The van der Waals surface area contributed by atoms with Crippen LogP contribution in [0.15, 0.2) is 52.9 Å².